The van der Waals surface area contributed by atoms with Crippen molar-refractivity contribution in [1.82, 2.24) is 4.98 Å². The summed E-state index contributed by atoms with van der Waals surface area (Å²) in [6.45, 7) is 2.13. The van der Waals surface area contributed by atoms with E-state index in [1.807, 2.05) is 12.1 Å². The van der Waals surface area contributed by atoms with Gasteiger partial charge < -0.3 is 0 Å². The fourth-order valence-corrected chi connectivity index (χ4v) is 2.25. The zero-order valence-corrected chi connectivity index (χ0v) is 8.25. The van der Waals surface area contributed by atoms with Gasteiger partial charge in [0.2, 0.25) is 0 Å². The summed E-state index contributed by atoms with van der Waals surface area (Å²) in [6, 6.07) is 3.84. The molecule has 0 N–H and O–H groups in total. The third-order valence-electron chi connectivity index (χ3n) is 1.69. The molecular weight excluding hydrogens is 190 g/mol. The molecule has 1 aromatic heterocycles. The molecule has 2 heterocycles. The number of pyridine rings is 1. The van der Waals surface area contributed by atoms with Gasteiger partial charge in [-0.05, 0) is 19.1 Å². The lowest BCUT2D eigenvalue weighted by atomic mass is 10.2. The van der Waals surface area contributed by atoms with Crippen LogP contribution in [0.1, 0.15) is 12.5 Å². The summed E-state index contributed by atoms with van der Waals surface area (Å²) < 4.78 is 0. The van der Waals surface area contributed by atoms with Gasteiger partial charge in [0.15, 0.2) is 0 Å². The van der Waals surface area contributed by atoms with Crippen LogP contribution in [0.3, 0.4) is 0 Å². The van der Waals surface area contributed by atoms with E-state index >= 15 is 0 Å². The molecule has 0 aromatic carbocycles. The van der Waals surface area contributed by atoms with Crippen LogP contribution >= 0.6 is 23.4 Å². The molecule has 0 aliphatic carbocycles. The zero-order chi connectivity index (χ0) is 8.55. The third kappa shape index (κ3) is 1.50. The van der Waals surface area contributed by atoms with Crippen LogP contribution in [0, 0.1) is 0 Å². The fourth-order valence-electron chi connectivity index (χ4n) is 1.14. The monoisotopic (exact) mass is 197 g/mol. The highest BCUT2D eigenvalue weighted by atomic mass is 35.5. The van der Waals surface area contributed by atoms with Gasteiger partial charge in [-0.25, -0.2) is 4.98 Å². The molecule has 0 unspecified atom stereocenters. The molecule has 1 nitrogen and oxygen atoms in total. The summed E-state index contributed by atoms with van der Waals surface area (Å²) in [7, 11) is 0. The molecule has 2 rings (SSSR count). The Kier molecular flexibility index (Phi) is 2.11. The van der Waals surface area contributed by atoms with Crippen LogP contribution in [0.25, 0.3) is 6.08 Å². The fraction of sp³-hybridized carbons (Fsp3) is 0.222. The molecule has 0 fully saturated rings. The van der Waals surface area contributed by atoms with Gasteiger partial charge in [0, 0.05) is 11.3 Å². The molecule has 0 radical (unpaired) electrons. The highest BCUT2D eigenvalue weighted by Crippen LogP contribution is 2.30. The number of fused-ring (bicyclic) bond motifs is 1. The van der Waals surface area contributed by atoms with Crippen LogP contribution in [-0.2, 0) is 0 Å². The van der Waals surface area contributed by atoms with E-state index in [-0.39, 0.29) is 0 Å². The largest absolute Gasteiger partial charge is 0.229 e. The summed E-state index contributed by atoms with van der Waals surface area (Å²) in [5.41, 5.74) is 2.57. The van der Waals surface area contributed by atoms with Crippen LogP contribution in [0.5, 0.6) is 0 Å². The maximum atomic E-state index is 5.77. The van der Waals surface area contributed by atoms with Crippen molar-refractivity contribution in [2.75, 3.05) is 5.75 Å². The minimum absolute atomic E-state index is 0.578. The lowest BCUT2D eigenvalue weighted by Gasteiger charge is -2.11. The molecule has 1 aliphatic rings. The Morgan fingerprint density at radius 1 is 1.50 bits per heavy atom. The minimum Gasteiger partial charge on any atom is -0.229 e. The first-order valence-electron chi connectivity index (χ1n) is 3.72. The van der Waals surface area contributed by atoms with Crippen LogP contribution in [0.15, 0.2) is 22.7 Å². The molecule has 1 aromatic rings. The summed E-state index contributed by atoms with van der Waals surface area (Å²) >= 11 is 7.52. The molecule has 0 amide bonds. The standard InChI is InChI=1S/C9H8ClNS/c1-6-4-7-2-3-8(10)11-9(7)12-5-6/h2-4H,5H2,1H3. The number of hydrogen-bond donors (Lipinski definition) is 0. The second kappa shape index (κ2) is 3.11. The average Bonchev–Trinajstić information content (AvgIpc) is 2.05. The predicted molar refractivity (Wildman–Crippen MR) is 53.6 cm³/mol. The van der Waals surface area contributed by atoms with E-state index in [1.165, 1.54) is 11.1 Å². The van der Waals surface area contributed by atoms with Gasteiger partial charge in [-0.1, -0.05) is 23.3 Å². The molecule has 0 saturated heterocycles. The van der Waals surface area contributed by atoms with Crippen molar-refractivity contribution in [3.63, 3.8) is 0 Å². The maximum Gasteiger partial charge on any atom is 0.130 e. The Hall–Kier alpha value is -0.470. The molecule has 0 atom stereocenters. The smallest absolute Gasteiger partial charge is 0.130 e. The summed E-state index contributed by atoms with van der Waals surface area (Å²) in [6.07, 6.45) is 2.16. The van der Waals surface area contributed by atoms with Gasteiger partial charge in [0.05, 0.1) is 0 Å². The Labute approximate surface area is 80.8 Å². The topological polar surface area (TPSA) is 12.9 Å². The summed E-state index contributed by atoms with van der Waals surface area (Å²) in [5.74, 6) is 1.03. The normalized spacial score (nSPS) is 15.3. The van der Waals surface area contributed by atoms with Crippen LogP contribution < -0.4 is 0 Å². The van der Waals surface area contributed by atoms with E-state index < -0.39 is 0 Å². The lowest BCUT2D eigenvalue weighted by molar-refractivity contribution is 1.11. The first kappa shape index (κ1) is 8.14. The van der Waals surface area contributed by atoms with E-state index in [0.29, 0.717) is 5.15 Å². The van der Waals surface area contributed by atoms with Crippen molar-refractivity contribution < 1.29 is 0 Å². The number of hydrogen-bond acceptors (Lipinski definition) is 2. The molecule has 0 saturated carbocycles. The van der Waals surface area contributed by atoms with Crippen LogP contribution in [0.4, 0.5) is 0 Å². The van der Waals surface area contributed by atoms with E-state index in [2.05, 4.69) is 18.0 Å². The van der Waals surface area contributed by atoms with Crippen molar-refractivity contribution in [2.45, 2.75) is 11.9 Å². The third-order valence-corrected chi connectivity index (χ3v) is 3.10. The van der Waals surface area contributed by atoms with E-state index in [4.69, 9.17) is 11.6 Å². The van der Waals surface area contributed by atoms with Crippen molar-refractivity contribution in [1.29, 1.82) is 0 Å². The lowest BCUT2D eigenvalue weighted by Crippen LogP contribution is -1.95. The number of nitrogens with zero attached hydrogens (tertiary/aromatic N) is 1. The molecule has 12 heavy (non-hydrogen) atoms. The average molecular weight is 198 g/mol. The molecule has 3 heteroatoms. The van der Waals surface area contributed by atoms with Crippen molar-refractivity contribution in [3.05, 3.63) is 28.4 Å². The molecule has 0 bridgehead atoms. The Morgan fingerprint density at radius 2 is 2.33 bits per heavy atom. The second-order valence-corrected chi connectivity index (χ2v) is 4.16. The Balaban J connectivity index is 2.51. The predicted octanol–water partition coefficient (Wildman–Crippen LogP) is 3.24. The van der Waals surface area contributed by atoms with Crippen LogP contribution in [-0.4, -0.2) is 10.7 Å². The number of rotatable bonds is 0. The molecule has 62 valence electrons. The van der Waals surface area contributed by atoms with E-state index in [0.717, 1.165) is 10.8 Å². The van der Waals surface area contributed by atoms with Gasteiger partial charge in [0.1, 0.15) is 10.2 Å². The summed E-state index contributed by atoms with van der Waals surface area (Å²) in [5, 5.41) is 1.63. The maximum absolute atomic E-state index is 5.77. The minimum atomic E-state index is 0.578. The van der Waals surface area contributed by atoms with Gasteiger partial charge in [-0.2, -0.15) is 0 Å². The van der Waals surface area contributed by atoms with Crippen molar-refractivity contribution in [2.24, 2.45) is 0 Å². The molecule has 1 aliphatic heterocycles. The highest BCUT2D eigenvalue weighted by molar-refractivity contribution is 7.99. The first-order valence-corrected chi connectivity index (χ1v) is 5.08. The van der Waals surface area contributed by atoms with Crippen LogP contribution in [0.2, 0.25) is 5.15 Å². The van der Waals surface area contributed by atoms with E-state index in [1.54, 1.807) is 11.8 Å². The van der Waals surface area contributed by atoms with E-state index in [9.17, 15) is 0 Å². The number of halogens is 1. The Bertz CT molecular complexity index is 346. The first-order chi connectivity index (χ1) is 5.75. The Morgan fingerprint density at radius 3 is 3.17 bits per heavy atom. The summed E-state index contributed by atoms with van der Waals surface area (Å²) in [4.78, 5) is 4.23. The molecule has 0 spiro atoms. The SMILES string of the molecule is CC1=Cc2ccc(Cl)nc2SC1. The number of thioether (sulfide) groups is 1. The van der Waals surface area contributed by atoms with Crippen molar-refractivity contribution >= 4 is 29.4 Å². The quantitative estimate of drug-likeness (QED) is 0.593. The van der Waals surface area contributed by atoms with Gasteiger partial charge in [-0.3, -0.25) is 0 Å². The van der Waals surface area contributed by atoms with Gasteiger partial charge in [0.25, 0.3) is 0 Å². The second-order valence-electron chi connectivity index (χ2n) is 2.81. The number of aromatic nitrogens is 1. The van der Waals surface area contributed by atoms with Gasteiger partial charge >= 0.3 is 0 Å². The zero-order valence-electron chi connectivity index (χ0n) is 6.67. The van der Waals surface area contributed by atoms with Gasteiger partial charge in [-0.15, -0.1) is 11.8 Å². The molecular formula is C9H8ClNS. The van der Waals surface area contributed by atoms with Crippen molar-refractivity contribution in [3.8, 4) is 0 Å². The highest BCUT2D eigenvalue weighted by Gasteiger charge is 2.09.